The molecular formula is C20H18F3N3O4. The van der Waals surface area contributed by atoms with Crippen molar-refractivity contribution in [1.29, 1.82) is 0 Å². The number of carbonyl (C=O) groups is 2. The van der Waals surface area contributed by atoms with E-state index in [-0.39, 0.29) is 12.8 Å². The van der Waals surface area contributed by atoms with Crippen LogP contribution in [-0.2, 0) is 9.59 Å². The zero-order valence-electron chi connectivity index (χ0n) is 15.8. The number of pyridine rings is 1. The molecule has 3 heterocycles. The highest BCUT2D eigenvalue weighted by atomic mass is 19.4. The highest BCUT2D eigenvalue weighted by molar-refractivity contribution is 6.01. The molecule has 2 aliphatic heterocycles. The third kappa shape index (κ3) is 3.64. The second-order valence-electron chi connectivity index (χ2n) is 7.09. The number of rotatable bonds is 3. The van der Waals surface area contributed by atoms with Crippen LogP contribution in [0.2, 0.25) is 0 Å². The van der Waals surface area contributed by atoms with Crippen molar-refractivity contribution < 1.29 is 32.2 Å². The molecule has 3 atom stereocenters. The molecule has 2 aromatic rings. The molecule has 1 saturated heterocycles. The molecule has 1 fully saturated rings. The van der Waals surface area contributed by atoms with Gasteiger partial charge in [-0.05, 0) is 31.0 Å². The number of amides is 2. The monoisotopic (exact) mass is 421 g/mol. The quantitative estimate of drug-likeness (QED) is 0.744. The molecule has 0 saturated carbocycles. The molecule has 0 spiro atoms. The van der Waals surface area contributed by atoms with E-state index in [2.05, 4.69) is 10.3 Å². The van der Waals surface area contributed by atoms with Gasteiger partial charge in [-0.2, -0.15) is 13.2 Å². The van der Waals surface area contributed by atoms with Crippen molar-refractivity contribution in [2.24, 2.45) is 5.92 Å². The van der Waals surface area contributed by atoms with Crippen LogP contribution in [0.15, 0.2) is 36.7 Å². The second kappa shape index (κ2) is 7.51. The molecule has 1 aromatic carbocycles. The van der Waals surface area contributed by atoms with Gasteiger partial charge >= 0.3 is 6.18 Å². The topological polar surface area (TPSA) is 89.6 Å². The largest absolute Gasteiger partial charge is 0.497 e. The number of methoxy groups -OCH3 is 1. The van der Waals surface area contributed by atoms with Gasteiger partial charge in [0.25, 0.3) is 0 Å². The van der Waals surface area contributed by atoms with E-state index in [0.717, 1.165) is 0 Å². The Balaban J connectivity index is 1.59. The average molecular weight is 421 g/mol. The first kappa shape index (κ1) is 20.0. The molecule has 3 unspecified atom stereocenters. The summed E-state index contributed by atoms with van der Waals surface area (Å²) in [6.45, 7) is 0. The van der Waals surface area contributed by atoms with Gasteiger partial charge in [0.15, 0.2) is 5.75 Å². The van der Waals surface area contributed by atoms with E-state index in [1.54, 1.807) is 24.3 Å². The van der Waals surface area contributed by atoms with Crippen LogP contribution >= 0.6 is 0 Å². The van der Waals surface area contributed by atoms with Crippen molar-refractivity contribution in [3.63, 3.8) is 0 Å². The summed E-state index contributed by atoms with van der Waals surface area (Å²) >= 11 is 0. The molecule has 158 valence electrons. The molecule has 10 heteroatoms. The number of aromatic nitrogens is 1. The van der Waals surface area contributed by atoms with E-state index < -0.39 is 36.0 Å². The van der Waals surface area contributed by atoms with Crippen LogP contribution in [0.3, 0.4) is 0 Å². The third-order valence-electron chi connectivity index (χ3n) is 5.25. The smallest absolute Gasteiger partial charge is 0.408 e. The number of carbonyl (C=O) groups excluding carboxylic acids is 2. The summed E-state index contributed by atoms with van der Waals surface area (Å²) in [6.07, 6.45) is -2.05. The van der Waals surface area contributed by atoms with Crippen molar-refractivity contribution in [3.05, 3.63) is 47.8 Å². The van der Waals surface area contributed by atoms with Crippen LogP contribution in [-0.4, -0.2) is 36.1 Å². The minimum Gasteiger partial charge on any atom is -0.497 e. The molecule has 2 aliphatic rings. The molecule has 7 nitrogen and oxygen atoms in total. The number of nitrogens with zero attached hydrogens (tertiary/aromatic N) is 1. The van der Waals surface area contributed by atoms with E-state index in [9.17, 15) is 22.8 Å². The Bertz CT molecular complexity index is 996. The summed E-state index contributed by atoms with van der Waals surface area (Å²) in [5, 5.41) is 4.69. The van der Waals surface area contributed by atoms with Gasteiger partial charge in [-0.15, -0.1) is 0 Å². The van der Waals surface area contributed by atoms with E-state index >= 15 is 0 Å². The molecule has 0 aliphatic carbocycles. The predicted octanol–water partition coefficient (Wildman–Crippen LogP) is 2.86. The van der Waals surface area contributed by atoms with Gasteiger partial charge in [0, 0.05) is 23.4 Å². The number of nitrogens with one attached hydrogen (secondary N) is 2. The van der Waals surface area contributed by atoms with Gasteiger partial charge in [-0.1, -0.05) is 0 Å². The van der Waals surface area contributed by atoms with Crippen LogP contribution < -0.4 is 20.1 Å². The predicted molar refractivity (Wildman–Crippen MR) is 98.0 cm³/mol. The van der Waals surface area contributed by atoms with Crippen LogP contribution in [0, 0.1) is 5.92 Å². The summed E-state index contributed by atoms with van der Waals surface area (Å²) in [5.41, 5.74) is 1.26. The highest BCUT2D eigenvalue weighted by Crippen LogP contribution is 2.44. The lowest BCUT2D eigenvalue weighted by atomic mass is 9.90. The van der Waals surface area contributed by atoms with Crippen LogP contribution in [0.5, 0.6) is 17.2 Å². The van der Waals surface area contributed by atoms with Crippen LogP contribution in [0.25, 0.3) is 0 Å². The summed E-state index contributed by atoms with van der Waals surface area (Å²) < 4.78 is 49.6. The standard InChI is InChI=1S/C20H18F3N3O4/c1-29-10-2-3-11-14(8-10)30-15-9-24-7-6-12(15)17(11)26-19(28)13-4-5-16(20(21,22)23)25-18(13)27/h2-3,6-9,13,16-17H,4-5H2,1H3,(H,25,27)(H,26,28). The van der Waals surface area contributed by atoms with Crippen molar-refractivity contribution in [3.8, 4) is 17.2 Å². The molecule has 4 rings (SSSR count). The summed E-state index contributed by atoms with van der Waals surface area (Å²) in [7, 11) is 1.51. The number of hydrogen-bond acceptors (Lipinski definition) is 5. The zero-order valence-corrected chi connectivity index (χ0v) is 15.8. The van der Waals surface area contributed by atoms with E-state index in [1.807, 2.05) is 5.32 Å². The van der Waals surface area contributed by atoms with Gasteiger partial charge in [0.05, 0.1) is 19.3 Å². The zero-order chi connectivity index (χ0) is 21.5. The fraction of sp³-hybridized carbons (Fsp3) is 0.350. The van der Waals surface area contributed by atoms with Gasteiger partial charge in [-0.25, -0.2) is 0 Å². The first-order chi connectivity index (χ1) is 14.3. The molecule has 2 N–H and O–H groups in total. The maximum Gasteiger partial charge on any atom is 0.408 e. The molecule has 30 heavy (non-hydrogen) atoms. The minimum atomic E-state index is -4.54. The Hall–Kier alpha value is -3.30. The second-order valence-corrected chi connectivity index (χ2v) is 7.09. The van der Waals surface area contributed by atoms with E-state index in [1.165, 1.54) is 19.5 Å². The summed E-state index contributed by atoms with van der Waals surface area (Å²) in [6, 6.07) is 4.17. The Morgan fingerprint density at radius 1 is 1.23 bits per heavy atom. The van der Waals surface area contributed by atoms with Crippen LogP contribution in [0.1, 0.15) is 30.0 Å². The molecule has 0 radical (unpaired) electrons. The average Bonchev–Trinajstić information content (AvgIpc) is 2.72. The van der Waals surface area contributed by atoms with Gasteiger partial charge in [0.1, 0.15) is 23.5 Å². The van der Waals surface area contributed by atoms with Crippen LogP contribution in [0.4, 0.5) is 13.2 Å². The number of fused-ring (bicyclic) bond motifs is 2. The molecular weight excluding hydrogens is 403 g/mol. The van der Waals surface area contributed by atoms with Gasteiger partial charge in [-0.3, -0.25) is 14.6 Å². The molecule has 0 bridgehead atoms. The van der Waals surface area contributed by atoms with E-state index in [0.29, 0.717) is 28.4 Å². The lowest BCUT2D eigenvalue weighted by Crippen LogP contribution is -2.54. The van der Waals surface area contributed by atoms with Crippen molar-refractivity contribution in [2.45, 2.75) is 31.1 Å². The number of benzene rings is 1. The Labute approximate surface area is 169 Å². The third-order valence-corrected chi connectivity index (χ3v) is 5.25. The summed E-state index contributed by atoms with van der Waals surface area (Å²) in [4.78, 5) is 29.0. The number of halogens is 3. The maximum absolute atomic E-state index is 12.9. The Morgan fingerprint density at radius 3 is 2.70 bits per heavy atom. The Kier molecular flexibility index (Phi) is 5.00. The van der Waals surface area contributed by atoms with Gasteiger partial charge < -0.3 is 20.1 Å². The number of hydrogen-bond donors (Lipinski definition) is 2. The number of piperidine rings is 1. The van der Waals surface area contributed by atoms with Gasteiger partial charge in [0.2, 0.25) is 11.8 Å². The number of alkyl halides is 3. The lowest BCUT2D eigenvalue weighted by Gasteiger charge is -2.32. The highest BCUT2D eigenvalue weighted by Gasteiger charge is 2.46. The molecule has 2 amide bonds. The first-order valence-electron chi connectivity index (χ1n) is 9.25. The molecule has 1 aromatic heterocycles. The number of ether oxygens (including phenoxy) is 2. The van der Waals surface area contributed by atoms with Crippen molar-refractivity contribution in [2.75, 3.05) is 7.11 Å². The van der Waals surface area contributed by atoms with Crippen molar-refractivity contribution >= 4 is 11.8 Å². The normalized spacial score (nSPS) is 22.8. The maximum atomic E-state index is 12.9. The summed E-state index contributed by atoms with van der Waals surface area (Å²) in [5.74, 6) is -1.36. The fourth-order valence-electron chi connectivity index (χ4n) is 3.67. The lowest BCUT2D eigenvalue weighted by molar-refractivity contribution is -0.171. The Morgan fingerprint density at radius 2 is 2.00 bits per heavy atom. The minimum absolute atomic E-state index is 0.191. The SMILES string of the molecule is COc1ccc2c(c1)Oc1cnccc1C2NC(=O)C1CCC(C(F)(F)F)NC1=O. The van der Waals surface area contributed by atoms with E-state index in [4.69, 9.17) is 9.47 Å². The van der Waals surface area contributed by atoms with Crippen molar-refractivity contribution in [1.82, 2.24) is 15.6 Å². The first-order valence-corrected chi connectivity index (χ1v) is 9.25. The fourth-order valence-corrected chi connectivity index (χ4v) is 3.67.